The van der Waals surface area contributed by atoms with Crippen LogP contribution in [0.5, 0.6) is 5.75 Å². The topological polar surface area (TPSA) is 71.0 Å². The van der Waals surface area contributed by atoms with Crippen LogP contribution in [0.25, 0.3) is 0 Å². The van der Waals surface area contributed by atoms with Crippen LogP contribution in [-0.2, 0) is 9.59 Å². The Morgan fingerprint density at radius 3 is 2.59 bits per heavy atom. The van der Waals surface area contributed by atoms with E-state index < -0.39 is 0 Å². The molecule has 0 saturated carbocycles. The second-order valence-electron chi connectivity index (χ2n) is 6.99. The molecule has 2 amide bonds. The third-order valence-electron chi connectivity index (χ3n) is 5.24. The lowest BCUT2D eigenvalue weighted by molar-refractivity contribution is -0.128. The normalized spacial score (nSPS) is 21.6. The first-order valence-corrected chi connectivity index (χ1v) is 10.6. The van der Waals surface area contributed by atoms with E-state index in [2.05, 4.69) is 10.3 Å². The number of anilines is 1. The zero-order valence-electron chi connectivity index (χ0n) is 16.2. The van der Waals surface area contributed by atoms with Crippen LogP contribution < -0.4 is 15.0 Å². The third kappa shape index (κ3) is 4.15. The number of ether oxygens (including phenoxy) is 1. The van der Waals surface area contributed by atoms with E-state index in [0.29, 0.717) is 18.0 Å². The van der Waals surface area contributed by atoms with Crippen molar-refractivity contribution < 1.29 is 14.3 Å². The van der Waals surface area contributed by atoms with E-state index in [1.165, 1.54) is 0 Å². The maximum Gasteiger partial charge on any atom is 0.231 e. The van der Waals surface area contributed by atoms with Gasteiger partial charge in [-0.3, -0.25) is 14.6 Å². The molecule has 29 heavy (non-hydrogen) atoms. The zero-order valence-corrected chi connectivity index (χ0v) is 17.0. The number of aliphatic imine (C=N–C) groups is 1. The molecule has 0 radical (unpaired) electrons. The van der Waals surface area contributed by atoms with Gasteiger partial charge >= 0.3 is 0 Å². The molecule has 7 heteroatoms. The fourth-order valence-electron chi connectivity index (χ4n) is 3.85. The molecule has 0 aliphatic carbocycles. The second kappa shape index (κ2) is 8.69. The standard InChI is InChI=1S/C22H23N3O3S/c1-28-17-9-7-16(8-10-17)25-19(26)12-11-18(20(25)15-5-3-2-4-6-15)21(27)24-22-23-13-14-29-22/h2-10,18,20H,11-14H2,1H3,(H,23,24,27)/t18-,20-/m0/s1. The lowest BCUT2D eigenvalue weighted by atomic mass is 9.83. The van der Waals surface area contributed by atoms with E-state index in [9.17, 15) is 9.59 Å². The van der Waals surface area contributed by atoms with Crippen molar-refractivity contribution >= 4 is 34.4 Å². The Morgan fingerprint density at radius 1 is 1.17 bits per heavy atom. The molecule has 6 nitrogen and oxygen atoms in total. The summed E-state index contributed by atoms with van der Waals surface area (Å²) in [6.45, 7) is 0.726. The average molecular weight is 410 g/mol. The van der Waals surface area contributed by atoms with Crippen molar-refractivity contribution in [2.45, 2.75) is 18.9 Å². The number of amidine groups is 1. The molecule has 1 fully saturated rings. The summed E-state index contributed by atoms with van der Waals surface area (Å²) in [6.07, 6.45) is 0.835. The Labute approximate surface area is 174 Å². The van der Waals surface area contributed by atoms with Crippen molar-refractivity contribution in [3.05, 3.63) is 60.2 Å². The van der Waals surface area contributed by atoms with Gasteiger partial charge in [0.2, 0.25) is 11.8 Å². The van der Waals surface area contributed by atoms with Gasteiger partial charge in [0.1, 0.15) is 5.75 Å². The van der Waals surface area contributed by atoms with E-state index in [1.807, 2.05) is 54.6 Å². The van der Waals surface area contributed by atoms with Gasteiger partial charge < -0.3 is 15.0 Å². The molecule has 2 aromatic rings. The Hall–Kier alpha value is -2.80. The summed E-state index contributed by atoms with van der Waals surface area (Å²) in [5, 5.41) is 3.65. The highest BCUT2D eigenvalue weighted by molar-refractivity contribution is 8.14. The van der Waals surface area contributed by atoms with Gasteiger partial charge in [0.15, 0.2) is 5.17 Å². The summed E-state index contributed by atoms with van der Waals surface area (Å²) >= 11 is 1.56. The fourth-order valence-corrected chi connectivity index (χ4v) is 4.59. The molecule has 1 saturated heterocycles. The number of benzene rings is 2. The molecule has 2 aliphatic heterocycles. The minimum absolute atomic E-state index is 0.0145. The smallest absolute Gasteiger partial charge is 0.231 e. The van der Waals surface area contributed by atoms with Gasteiger partial charge in [-0.1, -0.05) is 42.1 Å². The summed E-state index contributed by atoms with van der Waals surface area (Å²) in [6, 6.07) is 16.8. The van der Waals surface area contributed by atoms with Crippen LogP contribution >= 0.6 is 11.8 Å². The van der Waals surface area contributed by atoms with Gasteiger partial charge in [-0.25, -0.2) is 0 Å². The quantitative estimate of drug-likeness (QED) is 0.840. The van der Waals surface area contributed by atoms with Crippen molar-refractivity contribution in [3.8, 4) is 5.75 Å². The number of nitrogens with one attached hydrogen (secondary N) is 1. The predicted octanol–water partition coefficient (Wildman–Crippen LogP) is 3.40. The molecule has 0 unspecified atom stereocenters. The van der Waals surface area contributed by atoms with Gasteiger partial charge in [0, 0.05) is 17.9 Å². The van der Waals surface area contributed by atoms with Gasteiger partial charge in [0.05, 0.1) is 25.6 Å². The molecule has 150 valence electrons. The molecule has 4 rings (SSSR count). The third-order valence-corrected chi connectivity index (χ3v) is 6.13. The van der Waals surface area contributed by atoms with Crippen molar-refractivity contribution in [2.75, 3.05) is 24.3 Å². The SMILES string of the molecule is COc1ccc(N2C(=O)CC[C@H](C(=O)NC3=NCCS3)[C@@H]2c2ccccc2)cc1. The molecular weight excluding hydrogens is 386 g/mol. The van der Waals surface area contributed by atoms with Gasteiger partial charge in [-0.15, -0.1) is 0 Å². The number of methoxy groups -OCH3 is 1. The maximum absolute atomic E-state index is 13.2. The highest BCUT2D eigenvalue weighted by Crippen LogP contribution is 2.40. The summed E-state index contributed by atoms with van der Waals surface area (Å²) in [4.78, 5) is 32.2. The molecule has 0 bridgehead atoms. The molecule has 0 spiro atoms. The van der Waals surface area contributed by atoms with Crippen molar-refractivity contribution in [1.29, 1.82) is 0 Å². The number of piperidine rings is 1. The molecule has 2 atom stereocenters. The van der Waals surface area contributed by atoms with Gasteiger partial charge in [0.25, 0.3) is 0 Å². The zero-order chi connectivity index (χ0) is 20.2. The number of hydrogen-bond acceptors (Lipinski definition) is 5. The average Bonchev–Trinajstić information content (AvgIpc) is 3.27. The Balaban J connectivity index is 1.70. The minimum atomic E-state index is -0.377. The van der Waals surface area contributed by atoms with Crippen LogP contribution in [0.4, 0.5) is 5.69 Å². The predicted molar refractivity (Wildman–Crippen MR) is 115 cm³/mol. The summed E-state index contributed by atoms with van der Waals surface area (Å²) < 4.78 is 5.25. The number of amides is 2. The lowest BCUT2D eigenvalue weighted by Crippen LogP contribution is -2.49. The van der Waals surface area contributed by atoms with Crippen LogP contribution in [0.3, 0.4) is 0 Å². The summed E-state index contributed by atoms with van der Waals surface area (Å²) in [7, 11) is 1.61. The molecule has 2 heterocycles. The highest BCUT2D eigenvalue weighted by atomic mass is 32.2. The highest BCUT2D eigenvalue weighted by Gasteiger charge is 2.41. The van der Waals surface area contributed by atoms with E-state index >= 15 is 0 Å². The molecule has 0 aromatic heterocycles. The van der Waals surface area contributed by atoms with E-state index in [-0.39, 0.29) is 23.8 Å². The second-order valence-corrected chi connectivity index (χ2v) is 8.07. The van der Waals surface area contributed by atoms with Crippen molar-refractivity contribution in [2.24, 2.45) is 10.9 Å². The Kier molecular flexibility index (Phi) is 5.85. The van der Waals surface area contributed by atoms with Crippen molar-refractivity contribution in [1.82, 2.24) is 5.32 Å². The van der Waals surface area contributed by atoms with Crippen LogP contribution in [0.1, 0.15) is 24.4 Å². The number of carbonyl (C=O) groups excluding carboxylic acids is 2. The minimum Gasteiger partial charge on any atom is -0.497 e. The number of nitrogens with zero attached hydrogens (tertiary/aromatic N) is 2. The molecule has 2 aromatic carbocycles. The van der Waals surface area contributed by atoms with Crippen molar-refractivity contribution in [3.63, 3.8) is 0 Å². The van der Waals surface area contributed by atoms with Crippen LogP contribution in [0.15, 0.2) is 59.6 Å². The van der Waals surface area contributed by atoms with E-state index in [1.54, 1.807) is 23.8 Å². The Bertz CT molecular complexity index is 915. The maximum atomic E-state index is 13.2. The van der Waals surface area contributed by atoms with Crippen LogP contribution in [-0.4, -0.2) is 36.4 Å². The first kappa shape index (κ1) is 19.5. The van der Waals surface area contributed by atoms with Gasteiger partial charge in [-0.05, 0) is 36.2 Å². The fraction of sp³-hybridized carbons (Fsp3) is 0.318. The first-order valence-electron chi connectivity index (χ1n) is 9.66. The number of carbonyl (C=O) groups is 2. The Morgan fingerprint density at radius 2 is 1.93 bits per heavy atom. The van der Waals surface area contributed by atoms with Gasteiger partial charge in [-0.2, -0.15) is 0 Å². The van der Waals surface area contributed by atoms with E-state index in [4.69, 9.17) is 4.74 Å². The largest absolute Gasteiger partial charge is 0.497 e. The molecular formula is C22H23N3O3S. The number of thioether (sulfide) groups is 1. The van der Waals surface area contributed by atoms with Crippen LogP contribution in [0.2, 0.25) is 0 Å². The lowest BCUT2D eigenvalue weighted by Gasteiger charge is -2.40. The monoisotopic (exact) mass is 409 g/mol. The molecule has 2 aliphatic rings. The first-order chi connectivity index (χ1) is 14.2. The van der Waals surface area contributed by atoms with E-state index in [0.717, 1.165) is 29.3 Å². The molecule has 1 N–H and O–H groups in total. The summed E-state index contributed by atoms with van der Waals surface area (Å²) in [5.74, 6) is 1.18. The summed E-state index contributed by atoms with van der Waals surface area (Å²) in [5.41, 5.74) is 1.70. The number of rotatable bonds is 4. The van der Waals surface area contributed by atoms with Crippen LogP contribution in [0, 0.1) is 5.92 Å². The number of hydrogen-bond donors (Lipinski definition) is 1.